The van der Waals surface area contributed by atoms with Gasteiger partial charge in [0.2, 0.25) is 0 Å². The molecule has 1 saturated carbocycles. The molecule has 1 aromatic rings. The molecule has 1 aliphatic heterocycles. The Balaban J connectivity index is 0.000000580. The number of aliphatic hydroxyl groups excluding tert-OH is 1. The van der Waals surface area contributed by atoms with E-state index in [2.05, 4.69) is 45.9 Å². The van der Waals surface area contributed by atoms with Crippen LogP contribution in [0, 0.1) is 0 Å². The molecule has 37 heavy (non-hydrogen) atoms. The fourth-order valence-electron chi connectivity index (χ4n) is 3.61. The van der Waals surface area contributed by atoms with Gasteiger partial charge in [-0.3, -0.25) is 9.88 Å². The van der Waals surface area contributed by atoms with Gasteiger partial charge in [0.1, 0.15) is 0 Å². The number of halogens is 3. The Morgan fingerprint density at radius 3 is 1.95 bits per heavy atom. The van der Waals surface area contributed by atoms with E-state index in [1.165, 1.54) is 18.5 Å². The summed E-state index contributed by atoms with van der Waals surface area (Å²) in [5.41, 5.74) is -4.48. The van der Waals surface area contributed by atoms with Crippen molar-refractivity contribution in [2.75, 3.05) is 53.4 Å². The van der Waals surface area contributed by atoms with Gasteiger partial charge < -0.3 is 24.6 Å². The molecule has 1 aliphatic carbocycles. The van der Waals surface area contributed by atoms with Gasteiger partial charge in [-0.25, -0.2) is 8.42 Å². The zero-order chi connectivity index (χ0) is 27.2. The summed E-state index contributed by atoms with van der Waals surface area (Å²) in [5, 5.41) is 20.2. The maximum Gasteiger partial charge on any atom is 3.00 e. The van der Waals surface area contributed by atoms with Crippen molar-refractivity contribution in [3.63, 3.8) is 0 Å². The third kappa shape index (κ3) is 16.7. The standard InChI is InChI=1S/C14H24N4.C8H15O2.CHF3O3S.Fe/c1-16-7-8-17(2)10-12-18(11-9-16)13-14-5-3-4-6-15-14;9-7-5-3-1-2-4-6-8(7)10;2-1(3,4)8(5,6)7;/h3-6H,7-13H2,1-2H3;7-9H,1-6H2;(H,5,6,7);/q;-1;;+3/p-1/i;10+2;;. The monoisotopic (exact) mass is 598 g/mol. The molecule has 2 aliphatic rings. The van der Waals surface area contributed by atoms with Gasteiger partial charge in [-0.05, 0) is 32.6 Å². The van der Waals surface area contributed by atoms with Crippen molar-refractivity contribution in [2.24, 2.45) is 0 Å². The van der Waals surface area contributed by atoms with Crippen LogP contribution < -0.4 is 5.11 Å². The number of pyridine rings is 1. The van der Waals surface area contributed by atoms with Crippen LogP contribution in [0.25, 0.3) is 0 Å². The summed E-state index contributed by atoms with van der Waals surface area (Å²) in [6.07, 6.45) is 6.38. The SMILES string of the molecule is CN1CCN(C)CCN(Cc2ccccn2)CC1.O=S(=O)([O-])C(F)(F)F.OC1CCCCCCC1[18O-].[Fe+3]. The summed E-state index contributed by atoms with van der Waals surface area (Å²) in [6, 6.07) is 6.15. The maximum atomic E-state index is 11.0. The summed E-state index contributed by atoms with van der Waals surface area (Å²) in [7, 11) is -1.68. The van der Waals surface area contributed by atoms with Crippen molar-refractivity contribution in [3.8, 4) is 0 Å². The number of likely N-dealkylation sites (N-methyl/N-ethyl adjacent to an activating group) is 2. The number of rotatable bonds is 2. The molecule has 1 radical (unpaired) electrons. The topological polar surface area (TPSA) is 123 Å². The summed E-state index contributed by atoms with van der Waals surface area (Å²) in [6.45, 7) is 7.81. The van der Waals surface area contributed by atoms with Crippen LogP contribution in [0.5, 0.6) is 0 Å². The Morgan fingerprint density at radius 2 is 1.49 bits per heavy atom. The number of aromatic nitrogens is 1. The van der Waals surface area contributed by atoms with Gasteiger partial charge in [0.25, 0.3) is 0 Å². The van der Waals surface area contributed by atoms with Crippen LogP contribution in [0.4, 0.5) is 13.2 Å². The molecule has 215 valence electrons. The van der Waals surface area contributed by atoms with Gasteiger partial charge in [-0.1, -0.05) is 44.3 Å². The van der Waals surface area contributed by atoms with E-state index in [0.717, 1.165) is 58.7 Å². The quantitative estimate of drug-likeness (QED) is 0.232. The molecule has 0 aromatic carbocycles. The average molecular weight is 598 g/mol. The molecule has 1 saturated heterocycles. The third-order valence-electron chi connectivity index (χ3n) is 6.02. The molecule has 0 amide bonds. The molecule has 9 nitrogen and oxygen atoms in total. The second-order valence-electron chi connectivity index (χ2n) is 9.20. The normalized spacial score (nSPS) is 23.2. The largest absolute Gasteiger partial charge is 3.00 e. The molecule has 2 atom stereocenters. The second-order valence-corrected chi connectivity index (χ2v) is 10.6. The van der Waals surface area contributed by atoms with E-state index in [-0.39, 0.29) is 17.1 Å². The van der Waals surface area contributed by atoms with Gasteiger partial charge >= 0.3 is 22.6 Å². The Labute approximate surface area is 229 Å². The van der Waals surface area contributed by atoms with Crippen LogP contribution in [-0.4, -0.2) is 109 Å². The molecule has 0 bridgehead atoms. The van der Waals surface area contributed by atoms with Crippen LogP contribution in [0.3, 0.4) is 0 Å². The zero-order valence-electron chi connectivity index (χ0n) is 21.4. The molecule has 0 spiro atoms. The predicted octanol–water partition coefficient (Wildman–Crippen LogP) is 1.24. The van der Waals surface area contributed by atoms with Gasteiger partial charge in [0.15, 0.2) is 10.1 Å². The molecular weight excluding hydrogens is 559 g/mol. The van der Waals surface area contributed by atoms with Crippen molar-refractivity contribution < 1.29 is 53.4 Å². The summed E-state index contributed by atoms with van der Waals surface area (Å²) in [5.74, 6) is 0. The third-order valence-corrected chi connectivity index (χ3v) is 6.59. The molecule has 1 aromatic heterocycles. The first-order valence-corrected chi connectivity index (χ1v) is 13.6. The van der Waals surface area contributed by atoms with Crippen LogP contribution in [0.15, 0.2) is 24.4 Å². The smallest absolute Gasteiger partial charge is 0.850 e. The first-order chi connectivity index (χ1) is 16.8. The van der Waals surface area contributed by atoms with Crippen molar-refractivity contribution in [3.05, 3.63) is 30.1 Å². The molecular formula is C23H39F3FeN4O5S+. The summed E-state index contributed by atoms with van der Waals surface area (Å²) < 4.78 is 58.9. The minimum Gasteiger partial charge on any atom is -0.850 e. The predicted molar refractivity (Wildman–Crippen MR) is 128 cm³/mol. The summed E-state index contributed by atoms with van der Waals surface area (Å²) >= 11 is 0. The van der Waals surface area contributed by atoms with E-state index in [1.807, 2.05) is 12.3 Å². The van der Waals surface area contributed by atoms with Gasteiger partial charge in [-0.2, -0.15) is 13.2 Å². The Bertz CT molecular complexity index is 798. The molecule has 2 unspecified atom stereocenters. The number of nitrogens with zero attached hydrogens (tertiary/aromatic N) is 4. The molecule has 1 N–H and O–H groups in total. The minimum absolute atomic E-state index is 0. The van der Waals surface area contributed by atoms with E-state index in [9.17, 15) is 23.4 Å². The van der Waals surface area contributed by atoms with Gasteiger partial charge in [-0.15, -0.1) is 0 Å². The van der Waals surface area contributed by atoms with Crippen molar-refractivity contribution in [1.82, 2.24) is 19.7 Å². The first-order valence-electron chi connectivity index (χ1n) is 12.1. The van der Waals surface area contributed by atoms with Crippen LogP contribution in [0.1, 0.15) is 44.2 Å². The molecule has 14 heteroatoms. The van der Waals surface area contributed by atoms with Crippen molar-refractivity contribution >= 4 is 10.1 Å². The molecule has 2 heterocycles. The van der Waals surface area contributed by atoms with E-state index in [0.29, 0.717) is 12.8 Å². The van der Waals surface area contributed by atoms with E-state index < -0.39 is 27.8 Å². The van der Waals surface area contributed by atoms with E-state index in [1.54, 1.807) is 0 Å². The molecule has 2 fully saturated rings. The number of alkyl halides is 3. The van der Waals surface area contributed by atoms with E-state index in [4.69, 9.17) is 13.0 Å². The fourth-order valence-corrected chi connectivity index (χ4v) is 3.61. The number of aliphatic hydroxyl groups is 1. The Hall–Kier alpha value is -0.831. The van der Waals surface area contributed by atoms with E-state index >= 15 is 0 Å². The summed E-state index contributed by atoms with van der Waals surface area (Å²) in [4.78, 5) is 11.7. The fraction of sp³-hybridized carbons (Fsp3) is 0.783. The Morgan fingerprint density at radius 1 is 1.00 bits per heavy atom. The van der Waals surface area contributed by atoms with Gasteiger partial charge in [0, 0.05) is 58.1 Å². The second kappa shape index (κ2) is 18.5. The number of hydrogen-bond acceptors (Lipinski definition) is 9. The number of hydrogen-bond donors (Lipinski definition) is 1. The average Bonchev–Trinajstić information content (AvgIpc) is 2.87. The molecule has 3 rings (SSSR count). The Kier molecular flexibility index (Phi) is 18.0. The zero-order valence-corrected chi connectivity index (χ0v) is 23.3. The van der Waals surface area contributed by atoms with Crippen molar-refractivity contribution in [1.29, 1.82) is 0 Å². The van der Waals surface area contributed by atoms with Crippen molar-refractivity contribution in [2.45, 2.75) is 62.8 Å². The van der Waals surface area contributed by atoms with Crippen LogP contribution in [-0.2, 0) is 33.7 Å². The van der Waals surface area contributed by atoms with Crippen LogP contribution in [0.2, 0.25) is 0 Å². The van der Waals surface area contributed by atoms with Crippen LogP contribution >= 0.6 is 0 Å². The minimum atomic E-state index is -6.09. The van der Waals surface area contributed by atoms with Gasteiger partial charge in [0.05, 0.1) is 5.69 Å². The maximum absolute atomic E-state index is 11.0. The first kappa shape index (κ1) is 36.2.